The lowest BCUT2D eigenvalue weighted by Crippen LogP contribution is -2.00. The summed E-state index contributed by atoms with van der Waals surface area (Å²) in [5.41, 5.74) is 1.80. The van der Waals surface area contributed by atoms with Gasteiger partial charge in [0.1, 0.15) is 0 Å². The molecule has 0 fully saturated rings. The van der Waals surface area contributed by atoms with E-state index in [9.17, 15) is 4.79 Å². The average Bonchev–Trinajstić information content (AvgIpc) is 2.91. The van der Waals surface area contributed by atoms with Gasteiger partial charge >= 0.3 is 5.97 Å². The molecule has 0 N–H and O–H groups in total. The molecule has 0 radical (unpaired) electrons. The van der Waals surface area contributed by atoms with E-state index in [0.717, 1.165) is 15.0 Å². The fraction of sp³-hybridized carbons (Fsp3) is 0.0625. The highest BCUT2D eigenvalue weighted by Crippen LogP contribution is 2.35. The molecular weight excluding hydrogens is 256 g/mol. The molecule has 2 nitrogen and oxygen atoms in total. The summed E-state index contributed by atoms with van der Waals surface area (Å²) >= 11 is 1.62. The van der Waals surface area contributed by atoms with Gasteiger partial charge in [0.2, 0.25) is 0 Å². The summed E-state index contributed by atoms with van der Waals surface area (Å²) in [5, 5.41) is 1.08. The van der Waals surface area contributed by atoms with Gasteiger partial charge in [-0.1, -0.05) is 42.5 Å². The van der Waals surface area contributed by atoms with Crippen molar-refractivity contribution < 1.29 is 9.53 Å². The lowest BCUT2D eigenvalue weighted by molar-refractivity contribution is 0.0603. The van der Waals surface area contributed by atoms with Gasteiger partial charge in [-0.2, -0.15) is 0 Å². The van der Waals surface area contributed by atoms with Gasteiger partial charge in [0.25, 0.3) is 0 Å². The summed E-state index contributed by atoms with van der Waals surface area (Å²) in [6, 6.07) is 18.0. The molecular formula is C16H12O2S. The Morgan fingerprint density at radius 1 is 1.05 bits per heavy atom. The third kappa shape index (κ3) is 2.13. The second-order valence-electron chi connectivity index (χ2n) is 4.19. The monoisotopic (exact) mass is 268 g/mol. The highest BCUT2D eigenvalue weighted by Gasteiger charge is 2.13. The molecule has 0 bridgehead atoms. The molecule has 0 amide bonds. The summed E-state index contributed by atoms with van der Waals surface area (Å²) in [6.45, 7) is 0. The largest absolute Gasteiger partial charge is 0.465 e. The molecule has 3 aromatic rings. The zero-order valence-corrected chi connectivity index (χ0v) is 11.2. The maximum Gasteiger partial charge on any atom is 0.339 e. The van der Waals surface area contributed by atoms with Crippen LogP contribution in [-0.2, 0) is 4.74 Å². The first-order chi connectivity index (χ1) is 9.29. The maximum absolute atomic E-state index is 11.8. The zero-order valence-electron chi connectivity index (χ0n) is 10.4. The number of methoxy groups -OCH3 is 1. The Hall–Kier alpha value is -2.13. The van der Waals surface area contributed by atoms with Crippen LogP contribution in [0.5, 0.6) is 0 Å². The number of carbonyl (C=O) groups excluding carboxylic acids is 1. The fourth-order valence-corrected chi connectivity index (χ4v) is 3.24. The number of ether oxygens (including phenoxy) is 1. The molecule has 0 aliphatic rings. The Bertz CT molecular complexity index is 729. The average molecular weight is 268 g/mol. The molecule has 3 rings (SSSR count). The number of esters is 1. The third-order valence-electron chi connectivity index (χ3n) is 3.01. The van der Waals surface area contributed by atoms with E-state index in [4.69, 9.17) is 4.74 Å². The molecule has 0 atom stereocenters. The Kier molecular flexibility index (Phi) is 3.05. The molecule has 0 saturated heterocycles. The van der Waals surface area contributed by atoms with E-state index in [1.807, 2.05) is 30.3 Å². The van der Waals surface area contributed by atoms with Crippen molar-refractivity contribution >= 4 is 27.4 Å². The van der Waals surface area contributed by atoms with Crippen molar-refractivity contribution in [3.63, 3.8) is 0 Å². The number of carbonyl (C=O) groups is 1. The Labute approximate surface area is 115 Å². The van der Waals surface area contributed by atoms with Crippen LogP contribution in [-0.4, -0.2) is 13.1 Å². The second-order valence-corrected chi connectivity index (χ2v) is 5.24. The van der Waals surface area contributed by atoms with Crippen LogP contribution in [0.1, 0.15) is 10.4 Å². The summed E-state index contributed by atoms with van der Waals surface area (Å²) in [4.78, 5) is 12.9. The first-order valence-electron chi connectivity index (χ1n) is 5.96. The Morgan fingerprint density at radius 3 is 2.58 bits per heavy atom. The minimum absolute atomic E-state index is 0.285. The van der Waals surface area contributed by atoms with Crippen LogP contribution in [0.15, 0.2) is 54.6 Å². The molecule has 3 heteroatoms. The molecule has 0 unspecified atom stereocenters. The van der Waals surface area contributed by atoms with Crippen molar-refractivity contribution in [2.75, 3.05) is 7.11 Å². The van der Waals surface area contributed by atoms with E-state index in [1.54, 1.807) is 17.4 Å². The smallest absolute Gasteiger partial charge is 0.339 e. The van der Waals surface area contributed by atoms with Gasteiger partial charge in [0.15, 0.2) is 0 Å². The highest BCUT2D eigenvalue weighted by atomic mass is 32.1. The van der Waals surface area contributed by atoms with E-state index < -0.39 is 0 Å². The highest BCUT2D eigenvalue weighted by molar-refractivity contribution is 7.22. The van der Waals surface area contributed by atoms with Crippen LogP contribution < -0.4 is 0 Å². The fourth-order valence-electron chi connectivity index (χ4n) is 2.08. The van der Waals surface area contributed by atoms with Crippen LogP contribution in [0.25, 0.3) is 20.5 Å². The molecule has 0 spiro atoms. The van der Waals surface area contributed by atoms with Crippen molar-refractivity contribution in [1.29, 1.82) is 0 Å². The third-order valence-corrected chi connectivity index (χ3v) is 4.24. The predicted octanol–water partition coefficient (Wildman–Crippen LogP) is 4.35. The van der Waals surface area contributed by atoms with Gasteiger partial charge in [0.05, 0.1) is 12.7 Å². The van der Waals surface area contributed by atoms with Gasteiger partial charge in [-0.05, 0) is 23.1 Å². The lowest BCUT2D eigenvalue weighted by Gasteiger charge is -1.99. The molecule has 19 heavy (non-hydrogen) atoms. The van der Waals surface area contributed by atoms with Gasteiger partial charge < -0.3 is 4.74 Å². The first-order valence-corrected chi connectivity index (χ1v) is 6.77. The topological polar surface area (TPSA) is 26.3 Å². The van der Waals surface area contributed by atoms with Crippen LogP contribution in [0.4, 0.5) is 0 Å². The van der Waals surface area contributed by atoms with Crippen LogP contribution >= 0.6 is 11.3 Å². The molecule has 94 valence electrons. The van der Waals surface area contributed by atoms with Gasteiger partial charge in [0, 0.05) is 9.58 Å². The molecule has 1 heterocycles. The summed E-state index contributed by atoms with van der Waals surface area (Å²) in [6.07, 6.45) is 0. The van der Waals surface area contributed by atoms with Crippen molar-refractivity contribution in [3.05, 3.63) is 60.2 Å². The van der Waals surface area contributed by atoms with Crippen molar-refractivity contribution in [2.45, 2.75) is 0 Å². The summed E-state index contributed by atoms with van der Waals surface area (Å²) < 4.78 is 5.81. The predicted molar refractivity (Wildman–Crippen MR) is 78.6 cm³/mol. The number of hydrogen-bond donors (Lipinski definition) is 0. The van der Waals surface area contributed by atoms with Crippen molar-refractivity contribution in [2.24, 2.45) is 0 Å². The van der Waals surface area contributed by atoms with Crippen molar-refractivity contribution in [1.82, 2.24) is 0 Å². The second kappa shape index (κ2) is 4.86. The standard InChI is InChI=1S/C16H12O2S/c1-18-16(17)13-9-5-8-12-10-14(19-15(12)13)11-6-3-2-4-7-11/h2-10H,1H3. The molecule has 2 aromatic carbocycles. The maximum atomic E-state index is 11.8. The zero-order chi connectivity index (χ0) is 13.2. The molecule has 0 saturated carbocycles. The van der Waals surface area contributed by atoms with E-state index in [2.05, 4.69) is 18.2 Å². The van der Waals surface area contributed by atoms with E-state index in [-0.39, 0.29) is 5.97 Å². The SMILES string of the molecule is COC(=O)c1cccc2cc(-c3ccccc3)sc12. The van der Waals surface area contributed by atoms with Gasteiger partial charge in [-0.15, -0.1) is 11.3 Å². The number of rotatable bonds is 2. The van der Waals surface area contributed by atoms with E-state index in [0.29, 0.717) is 5.56 Å². The van der Waals surface area contributed by atoms with Crippen LogP contribution in [0.3, 0.4) is 0 Å². The normalized spacial score (nSPS) is 10.6. The molecule has 0 aliphatic carbocycles. The van der Waals surface area contributed by atoms with Gasteiger partial charge in [-0.25, -0.2) is 4.79 Å². The van der Waals surface area contributed by atoms with Crippen molar-refractivity contribution in [3.8, 4) is 10.4 Å². The Balaban J connectivity index is 2.19. The van der Waals surface area contributed by atoms with E-state index in [1.165, 1.54) is 12.7 Å². The number of hydrogen-bond acceptors (Lipinski definition) is 3. The Morgan fingerprint density at radius 2 is 1.84 bits per heavy atom. The lowest BCUT2D eigenvalue weighted by atomic mass is 10.1. The first kappa shape index (κ1) is 11.9. The number of fused-ring (bicyclic) bond motifs is 1. The minimum Gasteiger partial charge on any atom is -0.465 e. The van der Waals surface area contributed by atoms with Crippen LogP contribution in [0, 0.1) is 0 Å². The summed E-state index contributed by atoms with van der Waals surface area (Å²) in [7, 11) is 1.41. The number of thiophene rings is 1. The minimum atomic E-state index is -0.285. The number of benzene rings is 2. The molecule has 0 aliphatic heterocycles. The molecule has 1 aromatic heterocycles. The van der Waals surface area contributed by atoms with Crippen LogP contribution in [0.2, 0.25) is 0 Å². The quantitative estimate of drug-likeness (QED) is 0.646. The van der Waals surface area contributed by atoms with Gasteiger partial charge in [-0.3, -0.25) is 0 Å². The van der Waals surface area contributed by atoms with E-state index >= 15 is 0 Å². The summed E-state index contributed by atoms with van der Waals surface area (Å²) in [5.74, 6) is -0.285.